The van der Waals surface area contributed by atoms with E-state index in [1.807, 2.05) is 0 Å². The molecular formula is C19H17F3N4O3. The smallest absolute Gasteiger partial charge is 0.406 e. The van der Waals surface area contributed by atoms with Gasteiger partial charge >= 0.3 is 6.36 Å². The Morgan fingerprint density at radius 2 is 1.97 bits per heavy atom. The Morgan fingerprint density at radius 1 is 1.24 bits per heavy atom. The highest BCUT2D eigenvalue weighted by atomic mass is 19.4. The van der Waals surface area contributed by atoms with Crippen molar-refractivity contribution in [1.82, 2.24) is 14.8 Å². The number of halogens is 3. The second-order valence-corrected chi connectivity index (χ2v) is 6.73. The molecule has 1 saturated carbocycles. The number of alkyl halides is 3. The van der Waals surface area contributed by atoms with Crippen LogP contribution in [-0.4, -0.2) is 38.7 Å². The fourth-order valence-corrected chi connectivity index (χ4v) is 3.30. The predicted octanol–water partition coefficient (Wildman–Crippen LogP) is 3.52. The van der Waals surface area contributed by atoms with Crippen LogP contribution in [0.15, 0.2) is 36.5 Å². The summed E-state index contributed by atoms with van der Waals surface area (Å²) in [5, 5.41) is 17.0. The van der Waals surface area contributed by atoms with Gasteiger partial charge in [0.25, 0.3) is 0 Å². The molecule has 1 aliphatic carbocycles. The van der Waals surface area contributed by atoms with Crippen LogP contribution in [0.25, 0.3) is 16.7 Å². The highest BCUT2D eigenvalue weighted by molar-refractivity contribution is 6.02. The maximum absolute atomic E-state index is 12.4. The zero-order valence-electron chi connectivity index (χ0n) is 15.1. The van der Waals surface area contributed by atoms with Gasteiger partial charge in [-0.2, -0.15) is 5.10 Å². The number of amides is 1. The fraction of sp³-hybridized carbons (Fsp3) is 0.316. The zero-order valence-corrected chi connectivity index (χ0v) is 15.1. The van der Waals surface area contributed by atoms with Crippen LogP contribution in [0.5, 0.6) is 5.75 Å². The van der Waals surface area contributed by atoms with Crippen molar-refractivity contribution in [3.05, 3.63) is 42.2 Å². The summed E-state index contributed by atoms with van der Waals surface area (Å²) in [7, 11) is 0. The van der Waals surface area contributed by atoms with Crippen LogP contribution < -0.4 is 10.1 Å². The van der Waals surface area contributed by atoms with Crippen molar-refractivity contribution in [2.75, 3.05) is 11.9 Å². The molecule has 1 amide bonds. The van der Waals surface area contributed by atoms with E-state index in [1.165, 1.54) is 35.1 Å². The van der Waals surface area contributed by atoms with Crippen LogP contribution in [-0.2, 0) is 4.79 Å². The highest BCUT2D eigenvalue weighted by Crippen LogP contribution is 2.41. The number of benzene rings is 1. The third kappa shape index (κ3) is 3.88. The molecule has 0 bridgehead atoms. The lowest BCUT2D eigenvalue weighted by Crippen LogP contribution is -2.17. The quantitative estimate of drug-likeness (QED) is 0.677. The largest absolute Gasteiger partial charge is 0.573 e. The molecule has 3 aromatic rings. The Labute approximate surface area is 163 Å². The second kappa shape index (κ2) is 7.36. The molecule has 0 unspecified atom stereocenters. The molecule has 152 valence electrons. The van der Waals surface area contributed by atoms with E-state index in [1.54, 1.807) is 6.07 Å². The van der Waals surface area contributed by atoms with Crippen molar-refractivity contribution in [3.63, 3.8) is 0 Å². The number of carbonyl (C=O) groups is 1. The van der Waals surface area contributed by atoms with Gasteiger partial charge in [0.1, 0.15) is 12.4 Å². The number of anilines is 1. The minimum absolute atomic E-state index is 0.209. The number of hydrogen-bond donors (Lipinski definition) is 2. The summed E-state index contributed by atoms with van der Waals surface area (Å²) in [5.41, 5.74) is 2.22. The van der Waals surface area contributed by atoms with Crippen molar-refractivity contribution >= 4 is 22.6 Å². The summed E-state index contributed by atoms with van der Waals surface area (Å²) in [5.74, 6) is -0.681. The molecule has 4 rings (SSSR count). The minimum atomic E-state index is -4.77. The molecule has 29 heavy (non-hydrogen) atoms. The standard InChI is InChI=1S/C19H17F3N4O3/c20-19(21,22)29-13-6-4-12(5-7-13)26-18-16(17(25-26)11-2-1-3-11)14(8-9-23-18)24-15(28)10-27/h4-9,11,27H,1-3,10H2,(H,23,24,28). The molecular weight excluding hydrogens is 389 g/mol. The van der Waals surface area contributed by atoms with Crippen molar-refractivity contribution in [2.24, 2.45) is 0 Å². The van der Waals surface area contributed by atoms with Gasteiger partial charge in [0.2, 0.25) is 5.91 Å². The van der Waals surface area contributed by atoms with Crippen LogP contribution >= 0.6 is 0 Å². The van der Waals surface area contributed by atoms with Gasteiger partial charge in [0, 0.05) is 12.1 Å². The molecule has 2 N–H and O–H groups in total. The van der Waals surface area contributed by atoms with Gasteiger partial charge in [-0.05, 0) is 43.2 Å². The number of pyridine rings is 1. The van der Waals surface area contributed by atoms with Crippen LogP contribution in [0.2, 0.25) is 0 Å². The summed E-state index contributed by atoms with van der Waals surface area (Å²) < 4.78 is 42.6. The Morgan fingerprint density at radius 3 is 2.55 bits per heavy atom. The van der Waals surface area contributed by atoms with E-state index in [4.69, 9.17) is 5.11 Å². The van der Waals surface area contributed by atoms with Gasteiger partial charge in [-0.3, -0.25) is 4.79 Å². The number of hydrogen-bond acceptors (Lipinski definition) is 5. The first-order chi connectivity index (χ1) is 13.9. The summed E-state index contributed by atoms with van der Waals surface area (Å²) in [6, 6.07) is 6.95. The maximum Gasteiger partial charge on any atom is 0.573 e. The first-order valence-electron chi connectivity index (χ1n) is 9.00. The molecule has 1 fully saturated rings. The number of aromatic nitrogens is 3. The van der Waals surface area contributed by atoms with E-state index in [2.05, 4.69) is 20.1 Å². The first-order valence-corrected chi connectivity index (χ1v) is 9.00. The van der Waals surface area contributed by atoms with E-state index < -0.39 is 18.9 Å². The normalized spacial score (nSPS) is 14.6. The van der Waals surface area contributed by atoms with E-state index in [-0.39, 0.29) is 11.7 Å². The SMILES string of the molecule is O=C(CO)Nc1ccnc2c1c(C1CCC1)nn2-c1ccc(OC(F)(F)F)cc1. The van der Waals surface area contributed by atoms with Gasteiger partial charge < -0.3 is 15.2 Å². The fourth-order valence-electron chi connectivity index (χ4n) is 3.30. The lowest BCUT2D eigenvalue weighted by Gasteiger charge is -2.24. The first kappa shape index (κ1) is 19.2. The second-order valence-electron chi connectivity index (χ2n) is 6.73. The molecule has 2 aromatic heterocycles. The Balaban J connectivity index is 1.79. The summed E-state index contributed by atoms with van der Waals surface area (Å²) in [6.07, 6.45) is -0.293. The molecule has 0 radical (unpaired) electrons. The molecule has 2 heterocycles. The van der Waals surface area contributed by atoms with Gasteiger partial charge in [0.15, 0.2) is 5.65 Å². The third-order valence-electron chi connectivity index (χ3n) is 4.82. The predicted molar refractivity (Wildman–Crippen MR) is 97.9 cm³/mol. The van der Waals surface area contributed by atoms with Crippen LogP contribution in [0, 0.1) is 0 Å². The molecule has 0 spiro atoms. The van der Waals surface area contributed by atoms with Crippen molar-refractivity contribution in [1.29, 1.82) is 0 Å². The monoisotopic (exact) mass is 406 g/mol. The van der Waals surface area contributed by atoms with Crippen LogP contribution in [0.3, 0.4) is 0 Å². The highest BCUT2D eigenvalue weighted by Gasteiger charge is 2.31. The zero-order chi connectivity index (χ0) is 20.6. The van der Waals surface area contributed by atoms with Crippen molar-refractivity contribution < 1.29 is 27.8 Å². The summed E-state index contributed by atoms with van der Waals surface area (Å²) in [6.45, 7) is -0.655. The topological polar surface area (TPSA) is 89.3 Å². The molecule has 0 aliphatic heterocycles. The number of nitrogens with one attached hydrogen (secondary N) is 1. The number of ether oxygens (including phenoxy) is 1. The van der Waals surface area contributed by atoms with Crippen molar-refractivity contribution in [2.45, 2.75) is 31.5 Å². The molecule has 7 nitrogen and oxygen atoms in total. The van der Waals surface area contributed by atoms with Crippen molar-refractivity contribution in [3.8, 4) is 11.4 Å². The van der Waals surface area contributed by atoms with Crippen LogP contribution in [0.4, 0.5) is 18.9 Å². The maximum atomic E-state index is 12.4. The Hall–Kier alpha value is -3.14. The van der Waals surface area contributed by atoms with Gasteiger partial charge in [0.05, 0.1) is 22.5 Å². The lowest BCUT2D eigenvalue weighted by molar-refractivity contribution is -0.274. The molecule has 1 aliphatic rings. The molecule has 0 atom stereocenters. The number of carbonyl (C=O) groups excluding carboxylic acids is 1. The Kier molecular flexibility index (Phi) is 4.87. The summed E-state index contributed by atoms with van der Waals surface area (Å²) in [4.78, 5) is 16.1. The number of aliphatic hydroxyl groups is 1. The van der Waals surface area contributed by atoms with Gasteiger partial charge in [-0.15, -0.1) is 13.2 Å². The minimum Gasteiger partial charge on any atom is -0.406 e. The van der Waals surface area contributed by atoms with E-state index in [0.29, 0.717) is 22.4 Å². The van der Waals surface area contributed by atoms with Gasteiger partial charge in [-0.1, -0.05) is 6.42 Å². The summed E-state index contributed by atoms with van der Waals surface area (Å²) >= 11 is 0. The van der Waals surface area contributed by atoms with Crippen LogP contribution in [0.1, 0.15) is 30.9 Å². The number of rotatable bonds is 5. The van der Waals surface area contributed by atoms with E-state index in [0.717, 1.165) is 25.0 Å². The van der Waals surface area contributed by atoms with Gasteiger partial charge in [-0.25, -0.2) is 9.67 Å². The van der Waals surface area contributed by atoms with E-state index in [9.17, 15) is 18.0 Å². The molecule has 0 saturated heterocycles. The molecule has 1 aromatic carbocycles. The average molecular weight is 406 g/mol. The molecule has 10 heteroatoms. The number of fused-ring (bicyclic) bond motifs is 1. The third-order valence-corrected chi connectivity index (χ3v) is 4.82. The average Bonchev–Trinajstić information content (AvgIpc) is 3.00. The van der Waals surface area contributed by atoms with E-state index >= 15 is 0 Å². The number of aliphatic hydroxyl groups excluding tert-OH is 1. The lowest BCUT2D eigenvalue weighted by atomic mass is 9.82. The Bertz CT molecular complexity index is 1040. The number of nitrogens with zero attached hydrogens (tertiary/aromatic N) is 3.